The second-order valence-corrected chi connectivity index (χ2v) is 7.43. The fraction of sp³-hybridized carbons (Fsp3) is 0.368. The first kappa shape index (κ1) is 15.5. The van der Waals surface area contributed by atoms with Gasteiger partial charge >= 0.3 is 0 Å². The SMILES string of the molecule is OCC1CCCCC1Nc1ncnc2sc(-c3ccccc3)cc12. The summed E-state index contributed by atoms with van der Waals surface area (Å²) in [5.41, 5.74) is 1.21. The Morgan fingerprint density at radius 1 is 1.12 bits per heavy atom. The van der Waals surface area contributed by atoms with Gasteiger partial charge in [-0.3, -0.25) is 0 Å². The van der Waals surface area contributed by atoms with Gasteiger partial charge in [0.25, 0.3) is 0 Å². The van der Waals surface area contributed by atoms with Crippen molar-refractivity contribution in [2.75, 3.05) is 11.9 Å². The van der Waals surface area contributed by atoms with E-state index in [9.17, 15) is 5.11 Å². The lowest BCUT2D eigenvalue weighted by Crippen LogP contribution is -2.34. The first-order chi connectivity index (χ1) is 11.8. The fourth-order valence-corrected chi connectivity index (χ4v) is 4.51. The van der Waals surface area contributed by atoms with Crippen molar-refractivity contribution in [3.05, 3.63) is 42.7 Å². The Morgan fingerprint density at radius 2 is 1.96 bits per heavy atom. The smallest absolute Gasteiger partial charge is 0.138 e. The van der Waals surface area contributed by atoms with Crippen molar-refractivity contribution >= 4 is 27.4 Å². The van der Waals surface area contributed by atoms with Gasteiger partial charge in [-0.2, -0.15) is 0 Å². The highest BCUT2D eigenvalue weighted by molar-refractivity contribution is 7.21. The summed E-state index contributed by atoms with van der Waals surface area (Å²) < 4.78 is 0. The summed E-state index contributed by atoms with van der Waals surface area (Å²) >= 11 is 1.69. The number of anilines is 1. The van der Waals surface area contributed by atoms with Crippen LogP contribution in [0.15, 0.2) is 42.7 Å². The molecule has 1 aliphatic rings. The molecule has 0 spiro atoms. The van der Waals surface area contributed by atoms with E-state index in [2.05, 4.69) is 45.6 Å². The lowest BCUT2D eigenvalue weighted by molar-refractivity contribution is 0.178. The summed E-state index contributed by atoms with van der Waals surface area (Å²) in [6.45, 7) is 0.241. The molecule has 1 fully saturated rings. The van der Waals surface area contributed by atoms with Crippen LogP contribution in [-0.4, -0.2) is 27.7 Å². The van der Waals surface area contributed by atoms with Crippen LogP contribution in [0.2, 0.25) is 0 Å². The van der Waals surface area contributed by atoms with Gasteiger partial charge in [-0.1, -0.05) is 43.2 Å². The quantitative estimate of drug-likeness (QED) is 0.743. The molecule has 4 rings (SSSR count). The van der Waals surface area contributed by atoms with E-state index in [1.54, 1.807) is 17.7 Å². The lowest BCUT2D eigenvalue weighted by atomic mass is 9.85. The Kier molecular flexibility index (Phi) is 4.45. The van der Waals surface area contributed by atoms with E-state index in [0.29, 0.717) is 12.0 Å². The van der Waals surface area contributed by atoms with Crippen molar-refractivity contribution in [3.63, 3.8) is 0 Å². The molecule has 24 heavy (non-hydrogen) atoms. The van der Waals surface area contributed by atoms with E-state index in [0.717, 1.165) is 28.9 Å². The number of fused-ring (bicyclic) bond motifs is 1. The highest BCUT2D eigenvalue weighted by Gasteiger charge is 2.25. The molecule has 1 aliphatic carbocycles. The minimum Gasteiger partial charge on any atom is -0.396 e. The largest absolute Gasteiger partial charge is 0.396 e. The van der Waals surface area contributed by atoms with Crippen molar-refractivity contribution in [2.45, 2.75) is 31.7 Å². The average Bonchev–Trinajstić information content (AvgIpc) is 3.08. The van der Waals surface area contributed by atoms with Gasteiger partial charge in [0.15, 0.2) is 0 Å². The molecule has 1 saturated carbocycles. The second-order valence-electron chi connectivity index (χ2n) is 6.40. The highest BCUT2D eigenvalue weighted by atomic mass is 32.1. The standard InChI is InChI=1S/C19H21N3OS/c23-11-14-8-4-5-9-16(14)22-18-15-10-17(13-6-2-1-3-7-13)24-19(15)21-12-20-18/h1-3,6-7,10,12,14,16,23H,4-5,8-9,11H2,(H,20,21,22). The number of thiophene rings is 1. The third-order valence-electron chi connectivity index (χ3n) is 4.85. The van der Waals surface area contributed by atoms with Gasteiger partial charge in [0.1, 0.15) is 17.0 Å². The maximum absolute atomic E-state index is 9.63. The molecule has 0 aliphatic heterocycles. The molecule has 2 atom stereocenters. The molecule has 124 valence electrons. The minimum atomic E-state index is 0.241. The summed E-state index contributed by atoms with van der Waals surface area (Å²) in [5.74, 6) is 1.21. The Labute approximate surface area is 145 Å². The van der Waals surface area contributed by atoms with Crippen LogP contribution in [0.5, 0.6) is 0 Å². The molecular formula is C19H21N3OS. The predicted molar refractivity (Wildman–Crippen MR) is 99.3 cm³/mol. The van der Waals surface area contributed by atoms with Gasteiger partial charge in [-0.05, 0) is 24.5 Å². The molecule has 2 unspecified atom stereocenters. The van der Waals surface area contributed by atoms with Gasteiger partial charge in [0.05, 0.1) is 5.39 Å². The van der Waals surface area contributed by atoms with Crippen molar-refractivity contribution in [1.82, 2.24) is 9.97 Å². The van der Waals surface area contributed by atoms with Crippen molar-refractivity contribution < 1.29 is 5.11 Å². The van der Waals surface area contributed by atoms with Crippen molar-refractivity contribution in [2.24, 2.45) is 5.92 Å². The number of hydrogen-bond acceptors (Lipinski definition) is 5. The van der Waals surface area contributed by atoms with E-state index in [4.69, 9.17) is 0 Å². The fourth-order valence-electron chi connectivity index (χ4n) is 3.51. The molecule has 0 amide bonds. The number of aliphatic hydroxyl groups excluding tert-OH is 1. The Bertz CT molecular complexity index is 818. The van der Waals surface area contributed by atoms with Crippen LogP contribution < -0.4 is 5.32 Å². The van der Waals surface area contributed by atoms with E-state index < -0.39 is 0 Å². The number of hydrogen-bond donors (Lipinski definition) is 2. The number of benzene rings is 1. The van der Waals surface area contributed by atoms with Crippen LogP contribution in [0, 0.1) is 5.92 Å². The average molecular weight is 339 g/mol. The molecule has 2 heterocycles. The lowest BCUT2D eigenvalue weighted by Gasteiger charge is -2.31. The molecule has 0 bridgehead atoms. The van der Waals surface area contributed by atoms with Crippen LogP contribution in [0.3, 0.4) is 0 Å². The van der Waals surface area contributed by atoms with Gasteiger partial charge in [-0.15, -0.1) is 11.3 Å². The summed E-state index contributed by atoms with van der Waals surface area (Å²) in [4.78, 5) is 11.1. The first-order valence-corrected chi connectivity index (χ1v) is 9.34. The number of aromatic nitrogens is 2. The van der Waals surface area contributed by atoms with Crippen LogP contribution in [0.25, 0.3) is 20.7 Å². The Hall–Kier alpha value is -1.98. The van der Waals surface area contributed by atoms with Crippen LogP contribution >= 0.6 is 11.3 Å². The summed E-state index contributed by atoms with van der Waals surface area (Å²) in [7, 11) is 0. The van der Waals surface area contributed by atoms with Gasteiger partial charge in [0.2, 0.25) is 0 Å². The van der Waals surface area contributed by atoms with Crippen molar-refractivity contribution in [3.8, 4) is 10.4 Å². The zero-order valence-electron chi connectivity index (χ0n) is 13.5. The third kappa shape index (κ3) is 3.01. The van der Waals surface area contributed by atoms with Crippen LogP contribution in [-0.2, 0) is 0 Å². The molecular weight excluding hydrogens is 318 g/mol. The number of aliphatic hydroxyl groups is 1. The maximum atomic E-state index is 9.63. The van der Waals surface area contributed by atoms with Gasteiger partial charge in [-0.25, -0.2) is 9.97 Å². The monoisotopic (exact) mass is 339 g/mol. The zero-order chi connectivity index (χ0) is 16.4. The normalized spacial score (nSPS) is 21.0. The molecule has 0 saturated heterocycles. The number of nitrogens with zero attached hydrogens (tertiary/aromatic N) is 2. The van der Waals surface area contributed by atoms with E-state index in [1.807, 2.05) is 6.07 Å². The maximum Gasteiger partial charge on any atom is 0.138 e. The van der Waals surface area contributed by atoms with E-state index in [-0.39, 0.29) is 6.61 Å². The van der Waals surface area contributed by atoms with Gasteiger partial charge < -0.3 is 10.4 Å². The molecule has 0 radical (unpaired) electrons. The molecule has 1 aromatic carbocycles. The molecule has 4 nitrogen and oxygen atoms in total. The second kappa shape index (κ2) is 6.87. The Balaban J connectivity index is 1.67. The zero-order valence-corrected chi connectivity index (χ0v) is 14.3. The highest BCUT2D eigenvalue weighted by Crippen LogP contribution is 2.36. The van der Waals surface area contributed by atoms with Gasteiger partial charge in [0, 0.05) is 23.4 Å². The topological polar surface area (TPSA) is 58.0 Å². The summed E-state index contributed by atoms with van der Waals surface area (Å²) in [5, 5.41) is 14.3. The molecule has 2 N–H and O–H groups in total. The van der Waals surface area contributed by atoms with Crippen molar-refractivity contribution in [1.29, 1.82) is 0 Å². The van der Waals surface area contributed by atoms with Crippen LogP contribution in [0.1, 0.15) is 25.7 Å². The third-order valence-corrected chi connectivity index (χ3v) is 5.95. The summed E-state index contributed by atoms with van der Waals surface area (Å²) in [6.07, 6.45) is 6.22. The molecule has 2 aromatic heterocycles. The minimum absolute atomic E-state index is 0.241. The summed E-state index contributed by atoms with van der Waals surface area (Å²) in [6, 6.07) is 12.8. The first-order valence-electron chi connectivity index (χ1n) is 8.52. The Morgan fingerprint density at radius 3 is 2.79 bits per heavy atom. The predicted octanol–water partition coefficient (Wildman–Crippen LogP) is 4.32. The number of rotatable bonds is 4. The number of nitrogens with one attached hydrogen (secondary N) is 1. The molecule has 3 aromatic rings. The van der Waals surface area contributed by atoms with E-state index >= 15 is 0 Å². The molecule has 5 heteroatoms. The van der Waals surface area contributed by atoms with E-state index in [1.165, 1.54) is 23.3 Å². The van der Waals surface area contributed by atoms with Crippen LogP contribution in [0.4, 0.5) is 5.82 Å².